The van der Waals surface area contributed by atoms with Gasteiger partial charge in [0.25, 0.3) is 0 Å². The molecule has 0 aliphatic heterocycles. The van der Waals surface area contributed by atoms with E-state index in [1.807, 2.05) is 18.4 Å². The number of hydrogen-bond acceptors (Lipinski definition) is 4. The standard InChI is InChI=1S/C17H20N2O3S/c18-23(20,21)13-7-5-11(6-8-13)14-9-15(14)17-19-16(10-22-17)12-3-1-2-4-12/h5-8,10,12,14-15H,1-4,9H2,(H2,18,20,21)/t14-,15+/m0/s1. The van der Waals surface area contributed by atoms with Gasteiger partial charge in [-0.25, -0.2) is 18.5 Å². The van der Waals surface area contributed by atoms with E-state index in [0.29, 0.717) is 17.8 Å². The Hall–Kier alpha value is -1.66. The number of hydrogen-bond donors (Lipinski definition) is 1. The Kier molecular flexibility index (Phi) is 3.54. The molecule has 2 fully saturated rings. The van der Waals surface area contributed by atoms with Crippen molar-refractivity contribution >= 4 is 10.0 Å². The van der Waals surface area contributed by atoms with E-state index in [1.165, 1.54) is 25.7 Å². The minimum Gasteiger partial charge on any atom is -0.448 e. The summed E-state index contributed by atoms with van der Waals surface area (Å²) in [7, 11) is -3.63. The summed E-state index contributed by atoms with van der Waals surface area (Å²) in [5, 5.41) is 5.13. The molecule has 6 heteroatoms. The summed E-state index contributed by atoms with van der Waals surface area (Å²) < 4.78 is 28.3. The Morgan fingerprint density at radius 3 is 2.43 bits per heavy atom. The van der Waals surface area contributed by atoms with Crippen molar-refractivity contribution in [1.82, 2.24) is 4.98 Å². The largest absolute Gasteiger partial charge is 0.448 e. The molecule has 2 aromatic rings. The van der Waals surface area contributed by atoms with Crippen LogP contribution in [-0.4, -0.2) is 13.4 Å². The minimum atomic E-state index is -3.63. The van der Waals surface area contributed by atoms with Crippen LogP contribution in [-0.2, 0) is 10.0 Å². The van der Waals surface area contributed by atoms with E-state index in [2.05, 4.69) is 0 Å². The Morgan fingerprint density at radius 2 is 1.78 bits per heavy atom. The Morgan fingerprint density at radius 1 is 1.09 bits per heavy atom. The molecule has 1 heterocycles. The second kappa shape index (κ2) is 5.46. The van der Waals surface area contributed by atoms with Crippen LogP contribution >= 0.6 is 0 Å². The molecule has 2 atom stereocenters. The van der Waals surface area contributed by atoms with Crippen LogP contribution < -0.4 is 5.14 Å². The van der Waals surface area contributed by atoms with Gasteiger partial charge in [0.15, 0.2) is 5.89 Å². The quantitative estimate of drug-likeness (QED) is 0.931. The lowest BCUT2D eigenvalue weighted by atomic mass is 10.1. The molecule has 0 bridgehead atoms. The molecule has 0 amide bonds. The molecule has 2 saturated carbocycles. The fourth-order valence-electron chi connectivity index (χ4n) is 3.62. The summed E-state index contributed by atoms with van der Waals surface area (Å²) in [6.45, 7) is 0. The van der Waals surface area contributed by atoms with Crippen molar-refractivity contribution in [2.24, 2.45) is 5.14 Å². The van der Waals surface area contributed by atoms with Gasteiger partial charge in [0.05, 0.1) is 10.6 Å². The third kappa shape index (κ3) is 2.93. The number of nitrogens with zero attached hydrogens (tertiary/aromatic N) is 1. The molecule has 1 aromatic heterocycles. The zero-order valence-corrected chi connectivity index (χ0v) is 13.6. The number of aromatic nitrogens is 1. The molecule has 2 aliphatic carbocycles. The number of sulfonamides is 1. The van der Waals surface area contributed by atoms with Gasteiger partial charge in [-0.3, -0.25) is 0 Å². The predicted molar refractivity (Wildman–Crippen MR) is 85.6 cm³/mol. The van der Waals surface area contributed by atoms with Crippen LogP contribution in [0.3, 0.4) is 0 Å². The van der Waals surface area contributed by atoms with Gasteiger partial charge >= 0.3 is 0 Å². The lowest BCUT2D eigenvalue weighted by Gasteiger charge is -2.02. The predicted octanol–water partition coefficient (Wildman–Crippen LogP) is 3.25. The van der Waals surface area contributed by atoms with E-state index >= 15 is 0 Å². The Balaban J connectivity index is 1.47. The molecule has 5 nitrogen and oxygen atoms in total. The van der Waals surface area contributed by atoms with Crippen LogP contribution in [0.15, 0.2) is 39.8 Å². The highest BCUT2D eigenvalue weighted by molar-refractivity contribution is 7.89. The maximum Gasteiger partial charge on any atom is 0.238 e. The molecule has 0 spiro atoms. The van der Waals surface area contributed by atoms with Gasteiger partial charge in [-0.1, -0.05) is 25.0 Å². The van der Waals surface area contributed by atoms with Gasteiger partial charge in [0.2, 0.25) is 10.0 Å². The third-order valence-electron chi connectivity index (χ3n) is 5.06. The summed E-state index contributed by atoms with van der Waals surface area (Å²) in [5.41, 5.74) is 2.22. The van der Waals surface area contributed by atoms with Crippen LogP contribution in [0.4, 0.5) is 0 Å². The van der Waals surface area contributed by atoms with Crippen molar-refractivity contribution in [2.75, 3.05) is 0 Å². The van der Waals surface area contributed by atoms with E-state index in [-0.39, 0.29) is 4.90 Å². The molecule has 4 rings (SSSR count). The van der Waals surface area contributed by atoms with Gasteiger partial charge in [-0.15, -0.1) is 0 Å². The fourth-order valence-corrected chi connectivity index (χ4v) is 4.14. The summed E-state index contributed by atoms with van der Waals surface area (Å²) in [6, 6.07) is 6.82. The van der Waals surface area contributed by atoms with Crippen LogP contribution in [0.2, 0.25) is 0 Å². The lowest BCUT2D eigenvalue weighted by Crippen LogP contribution is -2.11. The van der Waals surface area contributed by atoms with Crippen LogP contribution in [0.25, 0.3) is 0 Å². The highest BCUT2D eigenvalue weighted by Crippen LogP contribution is 2.54. The molecular formula is C17H20N2O3S. The average Bonchev–Trinajstić information content (AvgIpc) is 2.94. The number of primary sulfonamides is 1. The monoisotopic (exact) mass is 332 g/mol. The first-order valence-corrected chi connectivity index (χ1v) is 9.65. The van der Waals surface area contributed by atoms with Crippen molar-refractivity contribution in [3.05, 3.63) is 47.7 Å². The van der Waals surface area contributed by atoms with Crippen LogP contribution in [0.1, 0.15) is 67.0 Å². The second-order valence-corrected chi connectivity index (χ2v) is 8.22. The van der Waals surface area contributed by atoms with Crippen LogP contribution in [0, 0.1) is 0 Å². The molecule has 0 unspecified atom stereocenters. The van der Waals surface area contributed by atoms with E-state index < -0.39 is 10.0 Å². The molecule has 2 aliphatic rings. The first-order chi connectivity index (χ1) is 11.0. The maximum absolute atomic E-state index is 11.3. The fraction of sp³-hybridized carbons (Fsp3) is 0.471. The minimum absolute atomic E-state index is 0.151. The molecule has 2 N–H and O–H groups in total. The van der Waals surface area contributed by atoms with Crippen molar-refractivity contribution in [3.8, 4) is 0 Å². The van der Waals surface area contributed by atoms with Gasteiger partial charge in [0.1, 0.15) is 6.26 Å². The normalized spacial score (nSPS) is 24.9. The van der Waals surface area contributed by atoms with Gasteiger partial charge in [-0.2, -0.15) is 0 Å². The average molecular weight is 332 g/mol. The van der Waals surface area contributed by atoms with E-state index in [4.69, 9.17) is 14.5 Å². The van der Waals surface area contributed by atoms with Crippen LogP contribution in [0.5, 0.6) is 0 Å². The van der Waals surface area contributed by atoms with Crippen molar-refractivity contribution in [1.29, 1.82) is 0 Å². The molecule has 1 aromatic carbocycles. The molecular weight excluding hydrogens is 312 g/mol. The smallest absolute Gasteiger partial charge is 0.238 e. The zero-order valence-electron chi connectivity index (χ0n) is 12.8. The van der Waals surface area contributed by atoms with Crippen molar-refractivity contribution < 1.29 is 12.8 Å². The van der Waals surface area contributed by atoms with Crippen molar-refractivity contribution in [2.45, 2.75) is 54.8 Å². The molecule has 0 radical (unpaired) electrons. The van der Waals surface area contributed by atoms with Crippen molar-refractivity contribution in [3.63, 3.8) is 0 Å². The van der Waals surface area contributed by atoms with E-state index in [0.717, 1.165) is 23.6 Å². The number of rotatable bonds is 4. The van der Waals surface area contributed by atoms with Gasteiger partial charge < -0.3 is 4.42 Å². The maximum atomic E-state index is 11.3. The summed E-state index contributed by atoms with van der Waals surface area (Å²) in [5.74, 6) is 2.07. The number of benzene rings is 1. The number of nitrogens with two attached hydrogens (primary N) is 1. The number of oxazole rings is 1. The third-order valence-corrected chi connectivity index (χ3v) is 5.99. The summed E-state index contributed by atoms with van der Waals surface area (Å²) >= 11 is 0. The second-order valence-electron chi connectivity index (χ2n) is 6.65. The Labute approximate surface area is 136 Å². The lowest BCUT2D eigenvalue weighted by molar-refractivity contribution is 0.493. The van der Waals surface area contributed by atoms with E-state index in [9.17, 15) is 8.42 Å². The highest BCUT2D eigenvalue weighted by Gasteiger charge is 2.43. The van der Waals surface area contributed by atoms with Gasteiger partial charge in [-0.05, 0) is 42.9 Å². The Bertz CT molecular complexity index is 805. The molecule has 122 valence electrons. The first kappa shape index (κ1) is 14.9. The first-order valence-electron chi connectivity index (χ1n) is 8.10. The molecule has 0 saturated heterocycles. The summed E-state index contributed by atoms with van der Waals surface area (Å²) in [6.07, 6.45) is 7.83. The highest BCUT2D eigenvalue weighted by atomic mass is 32.2. The SMILES string of the molecule is NS(=O)(=O)c1ccc([C@@H]2C[C@H]2c2nc(C3CCCC3)co2)cc1. The molecule has 23 heavy (non-hydrogen) atoms. The topological polar surface area (TPSA) is 86.2 Å². The van der Waals surface area contributed by atoms with Gasteiger partial charge in [0, 0.05) is 11.8 Å². The zero-order chi connectivity index (χ0) is 16.0. The van der Waals surface area contributed by atoms with E-state index in [1.54, 1.807) is 12.1 Å². The summed E-state index contributed by atoms with van der Waals surface area (Å²) in [4.78, 5) is 4.86.